The van der Waals surface area contributed by atoms with Crippen molar-refractivity contribution in [2.75, 3.05) is 5.32 Å². The number of rotatable bonds is 4. The molecule has 14 heteroatoms. The minimum Gasteiger partial charge on any atom is -0.345 e. The van der Waals surface area contributed by atoms with Gasteiger partial charge < -0.3 is 5.32 Å². The fourth-order valence-electron chi connectivity index (χ4n) is 2.02. The van der Waals surface area contributed by atoms with E-state index in [9.17, 15) is 42.2 Å². The van der Waals surface area contributed by atoms with Gasteiger partial charge in [-0.1, -0.05) is 23.2 Å². The molecule has 0 aliphatic carbocycles. The zero-order chi connectivity index (χ0) is 20.7. The first-order valence-electron chi connectivity index (χ1n) is 6.48. The van der Waals surface area contributed by atoms with Gasteiger partial charge in [-0.05, 0) is 6.07 Å². The van der Waals surface area contributed by atoms with Gasteiger partial charge in [0, 0.05) is 6.07 Å². The van der Waals surface area contributed by atoms with Crippen LogP contribution in [0.2, 0.25) is 10.0 Å². The topological polar surface area (TPSA) is 98.3 Å². The quantitative estimate of drug-likeness (QED) is 0.215. The van der Waals surface area contributed by atoms with Crippen molar-refractivity contribution >= 4 is 46.0 Å². The Morgan fingerprint density at radius 3 is 2.04 bits per heavy atom. The summed E-state index contributed by atoms with van der Waals surface area (Å²) in [7, 11) is 0. The highest BCUT2D eigenvalue weighted by Crippen LogP contribution is 2.45. The molecule has 0 amide bonds. The molecule has 0 atom stereocenters. The van der Waals surface area contributed by atoms with Gasteiger partial charge in [0.1, 0.15) is 11.4 Å². The molecule has 0 heterocycles. The molecule has 0 aliphatic heterocycles. The average Bonchev–Trinajstić information content (AvgIpc) is 2.55. The van der Waals surface area contributed by atoms with Crippen LogP contribution in [0, 0.1) is 31.9 Å². The number of alkyl halides is 3. The lowest BCUT2D eigenvalue weighted by molar-refractivity contribution is -0.394. The van der Waals surface area contributed by atoms with Crippen molar-refractivity contribution in [2.24, 2.45) is 0 Å². The molecule has 0 saturated carbocycles. The molecule has 7 nitrogen and oxygen atoms in total. The fraction of sp³-hybridized carbons (Fsp3) is 0.0769. The Morgan fingerprint density at radius 1 is 0.963 bits per heavy atom. The summed E-state index contributed by atoms with van der Waals surface area (Å²) in [6.45, 7) is 0. The third kappa shape index (κ3) is 4.01. The molecule has 0 radical (unpaired) electrons. The molecule has 2 aromatic carbocycles. The Hall–Kier alpha value is -2.73. The molecule has 0 aliphatic rings. The van der Waals surface area contributed by atoms with Crippen LogP contribution in [0.3, 0.4) is 0 Å². The molecule has 2 aromatic rings. The Morgan fingerprint density at radius 2 is 1.56 bits per heavy atom. The average molecular weight is 432 g/mol. The molecule has 0 saturated heterocycles. The standard InChI is InChI=1S/C13H4Cl2F5N3O4/c14-6-3-7(16)12(10(17)9(6)15)21-11-5(13(18,19)20)1-4(22(24)25)2-8(11)23(26)27/h1-3,21H. The zero-order valence-electron chi connectivity index (χ0n) is 12.4. The number of nitrogens with one attached hydrogen (secondary N) is 1. The first-order valence-corrected chi connectivity index (χ1v) is 7.24. The Labute approximate surface area is 155 Å². The van der Waals surface area contributed by atoms with Crippen LogP contribution in [0.25, 0.3) is 0 Å². The molecular formula is C13H4Cl2F5N3O4. The number of nitrogens with zero attached hydrogens (tertiary/aromatic N) is 2. The van der Waals surface area contributed by atoms with Crippen molar-refractivity contribution in [3.63, 3.8) is 0 Å². The second-order valence-electron chi connectivity index (χ2n) is 4.87. The lowest BCUT2D eigenvalue weighted by Gasteiger charge is -2.16. The second kappa shape index (κ2) is 7.12. The van der Waals surface area contributed by atoms with Crippen LogP contribution in [0.4, 0.5) is 44.7 Å². The van der Waals surface area contributed by atoms with Crippen LogP contribution in [0.15, 0.2) is 18.2 Å². The van der Waals surface area contributed by atoms with E-state index in [1.54, 1.807) is 5.32 Å². The van der Waals surface area contributed by atoms with E-state index < -0.39 is 66.0 Å². The summed E-state index contributed by atoms with van der Waals surface area (Å²) in [5.74, 6) is -3.11. The minimum atomic E-state index is -5.33. The van der Waals surface area contributed by atoms with Crippen LogP contribution in [-0.2, 0) is 6.18 Å². The highest BCUT2D eigenvalue weighted by atomic mass is 35.5. The fourth-order valence-corrected chi connectivity index (χ4v) is 2.35. The molecule has 0 fully saturated rings. The maximum atomic E-state index is 14.1. The lowest BCUT2D eigenvalue weighted by atomic mass is 10.1. The van der Waals surface area contributed by atoms with E-state index in [2.05, 4.69) is 0 Å². The summed E-state index contributed by atoms with van der Waals surface area (Å²) in [6, 6.07) is 0.674. The minimum absolute atomic E-state index is 0.0112. The van der Waals surface area contributed by atoms with Crippen LogP contribution in [-0.4, -0.2) is 9.85 Å². The Bertz CT molecular complexity index is 968. The summed E-state index contributed by atoms with van der Waals surface area (Å²) >= 11 is 10.9. The van der Waals surface area contributed by atoms with E-state index in [1.165, 1.54) is 0 Å². The molecule has 0 aromatic heterocycles. The summed E-state index contributed by atoms with van der Waals surface area (Å²) in [5.41, 5.74) is -7.22. The Balaban J connectivity index is 2.82. The van der Waals surface area contributed by atoms with Gasteiger partial charge in [0.05, 0.1) is 31.5 Å². The van der Waals surface area contributed by atoms with Crippen molar-refractivity contribution in [3.8, 4) is 0 Å². The van der Waals surface area contributed by atoms with E-state index in [-0.39, 0.29) is 12.1 Å². The van der Waals surface area contributed by atoms with Crippen LogP contribution >= 0.6 is 23.2 Å². The largest absolute Gasteiger partial charge is 0.418 e. The van der Waals surface area contributed by atoms with Crippen LogP contribution < -0.4 is 5.32 Å². The maximum Gasteiger partial charge on any atom is 0.418 e. The smallest absolute Gasteiger partial charge is 0.345 e. The van der Waals surface area contributed by atoms with Gasteiger partial charge in [0.2, 0.25) is 0 Å². The van der Waals surface area contributed by atoms with Gasteiger partial charge in [-0.15, -0.1) is 0 Å². The van der Waals surface area contributed by atoms with E-state index in [1.807, 2.05) is 0 Å². The summed E-state index contributed by atoms with van der Waals surface area (Å²) in [5, 5.41) is 22.0. The van der Waals surface area contributed by atoms with E-state index in [4.69, 9.17) is 23.2 Å². The van der Waals surface area contributed by atoms with Crippen LogP contribution in [0.5, 0.6) is 0 Å². The summed E-state index contributed by atoms with van der Waals surface area (Å²) < 4.78 is 67.8. The van der Waals surface area contributed by atoms with Crippen molar-refractivity contribution in [1.29, 1.82) is 0 Å². The van der Waals surface area contributed by atoms with Crippen molar-refractivity contribution in [3.05, 3.63) is 65.7 Å². The molecule has 0 bridgehead atoms. The predicted octanol–water partition coefficient (Wildman–Crippen LogP) is 5.85. The predicted molar refractivity (Wildman–Crippen MR) is 84.4 cm³/mol. The summed E-state index contributed by atoms with van der Waals surface area (Å²) in [6.07, 6.45) is -5.33. The maximum absolute atomic E-state index is 14.1. The van der Waals surface area contributed by atoms with E-state index in [0.29, 0.717) is 6.07 Å². The second-order valence-corrected chi connectivity index (χ2v) is 5.65. The van der Waals surface area contributed by atoms with Crippen LogP contribution in [0.1, 0.15) is 5.56 Å². The normalized spacial score (nSPS) is 11.4. The molecule has 144 valence electrons. The van der Waals surface area contributed by atoms with Gasteiger partial charge in [-0.25, -0.2) is 8.78 Å². The Kier molecular flexibility index (Phi) is 5.42. The van der Waals surface area contributed by atoms with Gasteiger partial charge in [0.25, 0.3) is 11.4 Å². The van der Waals surface area contributed by atoms with Crippen molar-refractivity contribution < 1.29 is 31.8 Å². The highest BCUT2D eigenvalue weighted by molar-refractivity contribution is 6.42. The zero-order valence-corrected chi connectivity index (χ0v) is 13.9. The molecule has 0 unspecified atom stereocenters. The molecule has 27 heavy (non-hydrogen) atoms. The number of benzene rings is 2. The number of nitro groups is 2. The third-order valence-corrected chi connectivity index (χ3v) is 3.94. The SMILES string of the molecule is O=[N+]([O-])c1cc([N+](=O)[O-])c(Nc2c(F)cc(Cl)c(Cl)c2F)c(C(F)(F)F)c1. The molecule has 2 rings (SSSR count). The lowest BCUT2D eigenvalue weighted by Crippen LogP contribution is -2.13. The van der Waals surface area contributed by atoms with Gasteiger partial charge in [-0.3, -0.25) is 20.2 Å². The monoisotopic (exact) mass is 431 g/mol. The number of non-ortho nitro benzene ring substituents is 1. The first kappa shape index (κ1) is 20.6. The first-order chi connectivity index (χ1) is 12.3. The number of halogens is 7. The number of hydrogen-bond acceptors (Lipinski definition) is 5. The third-order valence-electron chi connectivity index (χ3n) is 3.18. The number of nitro benzene ring substituents is 2. The number of hydrogen-bond donors (Lipinski definition) is 1. The van der Waals surface area contributed by atoms with Gasteiger partial charge >= 0.3 is 6.18 Å². The molecule has 1 N–H and O–H groups in total. The van der Waals surface area contributed by atoms with Gasteiger partial charge in [0.15, 0.2) is 11.6 Å². The van der Waals surface area contributed by atoms with Gasteiger partial charge in [-0.2, -0.15) is 13.2 Å². The highest BCUT2D eigenvalue weighted by Gasteiger charge is 2.40. The van der Waals surface area contributed by atoms with Crippen molar-refractivity contribution in [1.82, 2.24) is 0 Å². The number of anilines is 2. The van der Waals surface area contributed by atoms with E-state index in [0.717, 1.165) is 0 Å². The molecule has 0 spiro atoms. The van der Waals surface area contributed by atoms with Crippen molar-refractivity contribution in [2.45, 2.75) is 6.18 Å². The van der Waals surface area contributed by atoms with E-state index >= 15 is 0 Å². The summed E-state index contributed by atoms with van der Waals surface area (Å²) in [4.78, 5) is 19.2. The molecular weight excluding hydrogens is 428 g/mol.